The average molecular weight is 301 g/mol. The molecule has 0 amide bonds. The van der Waals surface area contributed by atoms with Gasteiger partial charge in [0, 0.05) is 24.5 Å². The number of benzene rings is 1. The second-order valence-corrected chi connectivity index (χ2v) is 6.43. The number of carbonyl (C=O) groups is 1. The highest BCUT2D eigenvalue weighted by Gasteiger charge is 2.42. The molecule has 0 spiro atoms. The zero-order valence-corrected chi connectivity index (χ0v) is 12.2. The van der Waals surface area contributed by atoms with E-state index in [2.05, 4.69) is 0 Å². The Kier molecular flexibility index (Phi) is 4.02. The van der Waals surface area contributed by atoms with Gasteiger partial charge in [0.15, 0.2) is 17.5 Å². The molecule has 21 heavy (non-hydrogen) atoms. The molecule has 1 saturated heterocycles. The average Bonchev–Trinajstić information content (AvgIpc) is 2.80. The second kappa shape index (κ2) is 5.33. The van der Waals surface area contributed by atoms with Crippen LogP contribution in [0.15, 0.2) is 12.1 Å². The van der Waals surface area contributed by atoms with Crippen molar-refractivity contribution in [2.45, 2.75) is 32.2 Å². The molecule has 0 bridgehead atoms. The van der Waals surface area contributed by atoms with Crippen LogP contribution in [0.1, 0.15) is 32.3 Å². The number of hydrogen-bond donors (Lipinski definition) is 1. The van der Waals surface area contributed by atoms with Crippen LogP contribution in [0.3, 0.4) is 0 Å². The van der Waals surface area contributed by atoms with Gasteiger partial charge in [-0.05, 0) is 38.5 Å². The Morgan fingerprint density at radius 2 is 1.71 bits per heavy atom. The maximum atomic E-state index is 13.4. The van der Waals surface area contributed by atoms with Crippen molar-refractivity contribution in [3.8, 4) is 0 Å². The minimum absolute atomic E-state index is 0.186. The van der Waals surface area contributed by atoms with E-state index in [0.717, 1.165) is 12.1 Å². The van der Waals surface area contributed by atoms with Gasteiger partial charge in [0.05, 0.1) is 5.92 Å². The highest BCUT2D eigenvalue weighted by Crippen LogP contribution is 2.37. The summed E-state index contributed by atoms with van der Waals surface area (Å²) in [5.41, 5.74) is -0.0647. The van der Waals surface area contributed by atoms with Crippen molar-refractivity contribution in [2.24, 2.45) is 5.92 Å². The lowest BCUT2D eigenvalue weighted by atomic mass is 9.89. The molecule has 1 fully saturated rings. The van der Waals surface area contributed by atoms with Crippen LogP contribution in [-0.2, 0) is 4.79 Å². The summed E-state index contributed by atoms with van der Waals surface area (Å²) >= 11 is 0. The second-order valence-electron chi connectivity index (χ2n) is 6.43. The van der Waals surface area contributed by atoms with E-state index >= 15 is 0 Å². The first-order valence-corrected chi connectivity index (χ1v) is 6.73. The number of likely N-dealkylation sites (tertiary alicyclic amines) is 1. The minimum Gasteiger partial charge on any atom is -0.481 e. The van der Waals surface area contributed by atoms with Crippen LogP contribution in [-0.4, -0.2) is 34.6 Å². The van der Waals surface area contributed by atoms with Crippen molar-refractivity contribution in [1.82, 2.24) is 4.90 Å². The van der Waals surface area contributed by atoms with Gasteiger partial charge in [-0.2, -0.15) is 0 Å². The van der Waals surface area contributed by atoms with Gasteiger partial charge in [0.1, 0.15) is 0 Å². The lowest BCUT2D eigenvalue weighted by molar-refractivity contribution is -0.141. The Morgan fingerprint density at radius 3 is 2.14 bits per heavy atom. The molecule has 2 atom stereocenters. The zero-order valence-electron chi connectivity index (χ0n) is 12.2. The Hall–Kier alpha value is -1.56. The number of halogens is 3. The minimum atomic E-state index is -1.53. The van der Waals surface area contributed by atoms with E-state index in [4.69, 9.17) is 0 Å². The number of aliphatic carboxylic acids is 1. The summed E-state index contributed by atoms with van der Waals surface area (Å²) in [6, 6.07) is 1.79. The van der Waals surface area contributed by atoms with E-state index in [-0.39, 0.29) is 11.1 Å². The van der Waals surface area contributed by atoms with Gasteiger partial charge >= 0.3 is 5.97 Å². The number of nitrogens with zero attached hydrogens (tertiary/aromatic N) is 1. The molecule has 1 heterocycles. The van der Waals surface area contributed by atoms with Crippen LogP contribution in [0.4, 0.5) is 13.2 Å². The van der Waals surface area contributed by atoms with E-state index in [1.807, 2.05) is 25.7 Å². The van der Waals surface area contributed by atoms with Crippen LogP contribution >= 0.6 is 0 Å². The maximum Gasteiger partial charge on any atom is 0.308 e. The molecule has 1 aromatic carbocycles. The summed E-state index contributed by atoms with van der Waals surface area (Å²) in [5, 5.41) is 9.33. The quantitative estimate of drug-likeness (QED) is 0.854. The van der Waals surface area contributed by atoms with Crippen LogP contribution in [0, 0.1) is 23.4 Å². The molecule has 0 radical (unpaired) electrons. The fraction of sp³-hybridized carbons (Fsp3) is 0.533. The van der Waals surface area contributed by atoms with E-state index in [1.54, 1.807) is 0 Å². The fourth-order valence-electron chi connectivity index (χ4n) is 2.73. The molecule has 3 nitrogen and oxygen atoms in total. The van der Waals surface area contributed by atoms with Gasteiger partial charge in [0.2, 0.25) is 0 Å². The third-order valence-corrected chi connectivity index (χ3v) is 4.02. The molecule has 0 aromatic heterocycles. The first kappa shape index (κ1) is 15.8. The van der Waals surface area contributed by atoms with Crippen molar-refractivity contribution in [3.63, 3.8) is 0 Å². The fourth-order valence-corrected chi connectivity index (χ4v) is 2.73. The third-order valence-electron chi connectivity index (χ3n) is 4.02. The van der Waals surface area contributed by atoms with Crippen LogP contribution < -0.4 is 0 Å². The first-order valence-electron chi connectivity index (χ1n) is 6.73. The summed E-state index contributed by atoms with van der Waals surface area (Å²) in [6.07, 6.45) is 0. The number of carboxylic acids is 1. The van der Waals surface area contributed by atoms with Crippen molar-refractivity contribution in [3.05, 3.63) is 35.1 Å². The van der Waals surface area contributed by atoms with Gasteiger partial charge in [-0.15, -0.1) is 0 Å². The Morgan fingerprint density at radius 1 is 1.19 bits per heavy atom. The van der Waals surface area contributed by atoms with Gasteiger partial charge in [-0.25, -0.2) is 13.2 Å². The molecular formula is C15H18F3NO2. The zero-order chi connectivity index (χ0) is 15.9. The maximum absolute atomic E-state index is 13.4. The standard InChI is InChI=1S/C15H18F3NO2/c1-15(2,3)19-6-9(10(7-19)14(20)21)8-4-11(16)13(18)12(17)5-8/h4-5,9-10H,6-7H2,1-3H3,(H,20,21)/t9-,10+/m1/s1. The first-order chi connectivity index (χ1) is 9.61. The topological polar surface area (TPSA) is 40.5 Å². The van der Waals surface area contributed by atoms with Crippen molar-refractivity contribution < 1.29 is 23.1 Å². The van der Waals surface area contributed by atoms with E-state index in [0.29, 0.717) is 13.1 Å². The molecule has 2 rings (SSSR count). The van der Waals surface area contributed by atoms with Crippen LogP contribution in [0.5, 0.6) is 0 Å². The number of rotatable bonds is 2. The Labute approximate surface area is 121 Å². The summed E-state index contributed by atoms with van der Waals surface area (Å²) in [4.78, 5) is 13.4. The molecule has 1 aliphatic rings. The largest absolute Gasteiger partial charge is 0.481 e. The van der Waals surface area contributed by atoms with Crippen LogP contribution in [0.2, 0.25) is 0 Å². The molecule has 6 heteroatoms. The molecule has 1 N–H and O–H groups in total. The molecule has 0 saturated carbocycles. The lowest BCUT2D eigenvalue weighted by Gasteiger charge is -2.31. The number of hydrogen-bond acceptors (Lipinski definition) is 2. The van der Waals surface area contributed by atoms with Crippen molar-refractivity contribution >= 4 is 5.97 Å². The molecule has 0 aliphatic carbocycles. The van der Waals surface area contributed by atoms with Gasteiger partial charge in [-0.3, -0.25) is 9.69 Å². The molecular weight excluding hydrogens is 283 g/mol. The Balaban J connectivity index is 2.39. The summed E-state index contributed by atoms with van der Waals surface area (Å²) in [5.74, 6) is -6.46. The van der Waals surface area contributed by atoms with E-state index < -0.39 is 35.3 Å². The van der Waals surface area contributed by atoms with Gasteiger partial charge in [0.25, 0.3) is 0 Å². The summed E-state index contributed by atoms with van der Waals surface area (Å²) < 4.78 is 39.8. The summed E-state index contributed by atoms with van der Waals surface area (Å²) in [6.45, 7) is 6.50. The van der Waals surface area contributed by atoms with Crippen molar-refractivity contribution in [1.29, 1.82) is 0 Å². The normalized spacial score (nSPS) is 23.5. The van der Waals surface area contributed by atoms with E-state index in [1.165, 1.54) is 0 Å². The SMILES string of the molecule is CC(C)(C)N1C[C@H](C(=O)O)[C@@H](c2cc(F)c(F)c(F)c2)C1. The third kappa shape index (κ3) is 3.05. The lowest BCUT2D eigenvalue weighted by Crippen LogP contribution is -2.40. The highest BCUT2D eigenvalue weighted by molar-refractivity contribution is 5.72. The molecule has 1 aromatic rings. The molecule has 0 unspecified atom stereocenters. The highest BCUT2D eigenvalue weighted by atomic mass is 19.2. The summed E-state index contributed by atoms with van der Waals surface area (Å²) in [7, 11) is 0. The Bertz CT molecular complexity index is 546. The smallest absolute Gasteiger partial charge is 0.308 e. The molecule has 1 aliphatic heterocycles. The van der Waals surface area contributed by atoms with Crippen LogP contribution in [0.25, 0.3) is 0 Å². The van der Waals surface area contributed by atoms with E-state index in [9.17, 15) is 23.1 Å². The van der Waals surface area contributed by atoms with Crippen molar-refractivity contribution in [2.75, 3.05) is 13.1 Å². The van der Waals surface area contributed by atoms with Gasteiger partial charge in [-0.1, -0.05) is 0 Å². The molecule has 116 valence electrons. The van der Waals surface area contributed by atoms with Gasteiger partial charge < -0.3 is 5.11 Å². The predicted octanol–water partition coefficient (Wildman–Crippen LogP) is 3.00. The predicted molar refractivity (Wildman–Crippen MR) is 71.5 cm³/mol. The monoisotopic (exact) mass is 301 g/mol. The number of carboxylic acid groups (broad SMARTS) is 1.